The summed E-state index contributed by atoms with van der Waals surface area (Å²) in [5.41, 5.74) is 6.28. The van der Waals surface area contributed by atoms with Gasteiger partial charge >= 0.3 is 0 Å². The van der Waals surface area contributed by atoms with E-state index in [4.69, 9.17) is 10.5 Å². The number of hydrogen-bond acceptors (Lipinski definition) is 3. The molecule has 0 saturated carbocycles. The minimum Gasteiger partial charge on any atom is -0.493 e. The number of hydrogen-bond donors (Lipinski definition) is 1. The van der Waals surface area contributed by atoms with Gasteiger partial charge < -0.3 is 10.5 Å². The van der Waals surface area contributed by atoms with Crippen LogP contribution in [0.15, 0.2) is 12.3 Å². The number of aryl methyl sites for hydroxylation is 1. The Labute approximate surface area is 102 Å². The average molecular weight is 251 g/mol. The van der Waals surface area contributed by atoms with Crippen LogP contribution in [0, 0.1) is 11.6 Å². The summed E-state index contributed by atoms with van der Waals surface area (Å²) in [6, 6.07) is 1.20. The van der Waals surface area contributed by atoms with Crippen LogP contribution >= 0.6 is 0 Å². The van der Waals surface area contributed by atoms with Gasteiger partial charge in [-0.15, -0.1) is 0 Å². The Balaban J connectivity index is 2.27. The molecule has 0 saturated heterocycles. The highest BCUT2D eigenvalue weighted by Gasteiger charge is 2.26. The van der Waals surface area contributed by atoms with Crippen LogP contribution in [0.5, 0.6) is 5.75 Å². The van der Waals surface area contributed by atoms with Gasteiger partial charge in [0.25, 0.3) is 0 Å². The maximum Gasteiger partial charge on any atom is 0.141 e. The number of nitrogen functional groups attached to an aromatic ring is 1. The SMILES string of the molecule is Cn1ncc(-c2c(F)cc3c(c2F)CCO3)c1N. The quantitative estimate of drug-likeness (QED) is 0.842. The van der Waals surface area contributed by atoms with Crippen molar-refractivity contribution >= 4 is 5.82 Å². The summed E-state index contributed by atoms with van der Waals surface area (Å²) in [6.07, 6.45) is 1.80. The summed E-state index contributed by atoms with van der Waals surface area (Å²) in [4.78, 5) is 0. The second-order valence-corrected chi connectivity index (χ2v) is 4.19. The third kappa shape index (κ3) is 1.38. The summed E-state index contributed by atoms with van der Waals surface area (Å²) >= 11 is 0. The molecule has 0 bridgehead atoms. The van der Waals surface area contributed by atoms with Gasteiger partial charge in [-0.1, -0.05) is 0 Å². The van der Waals surface area contributed by atoms with E-state index in [0.717, 1.165) is 0 Å². The number of nitrogens with zero attached hydrogens (tertiary/aromatic N) is 2. The lowest BCUT2D eigenvalue weighted by atomic mass is 10.0. The number of aromatic nitrogens is 2. The predicted octanol–water partition coefficient (Wildman–Crippen LogP) is 1.88. The minimum atomic E-state index is -0.687. The molecule has 0 fully saturated rings. The normalized spacial score (nSPS) is 13.5. The van der Waals surface area contributed by atoms with E-state index in [1.807, 2.05) is 0 Å². The molecule has 1 aliphatic rings. The van der Waals surface area contributed by atoms with Crippen molar-refractivity contribution in [2.75, 3.05) is 12.3 Å². The van der Waals surface area contributed by atoms with Gasteiger partial charge in [0, 0.05) is 30.7 Å². The molecular formula is C12H11F2N3O. The van der Waals surface area contributed by atoms with E-state index < -0.39 is 11.6 Å². The number of ether oxygens (including phenoxy) is 1. The van der Waals surface area contributed by atoms with Crippen molar-refractivity contribution in [1.29, 1.82) is 0 Å². The zero-order valence-corrected chi connectivity index (χ0v) is 9.70. The van der Waals surface area contributed by atoms with Gasteiger partial charge in [0.1, 0.15) is 23.2 Å². The second kappa shape index (κ2) is 3.69. The van der Waals surface area contributed by atoms with E-state index in [1.165, 1.54) is 16.9 Å². The topological polar surface area (TPSA) is 53.1 Å². The Kier molecular flexibility index (Phi) is 2.26. The van der Waals surface area contributed by atoms with Gasteiger partial charge in [0.2, 0.25) is 0 Å². The van der Waals surface area contributed by atoms with E-state index >= 15 is 0 Å². The summed E-state index contributed by atoms with van der Waals surface area (Å²) in [7, 11) is 1.62. The first kappa shape index (κ1) is 11.0. The van der Waals surface area contributed by atoms with Crippen molar-refractivity contribution in [2.24, 2.45) is 7.05 Å². The fraction of sp³-hybridized carbons (Fsp3) is 0.250. The number of anilines is 1. The third-order valence-corrected chi connectivity index (χ3v) is 3.14. The highest BCUT2D eigenvalue weighted by atomic mass is 19.1. The molecule has 94 valence electrons. The zero-order valence-electron chi connectivity index (χ0n) is 9.70. The molecule has 18 heavy (non-hydrogen) atoms. The highest BCUT2D eigenvalue weighted by Crippen LogP contribution is 2.38. The Hall–Kier alpha value is -2.11. The molecule has 2 N–H and O–H groups in total. The van der Waals surface area contributed by atoms with Crippen LogP contribution in [0.25, 0.3) is 11.1 Å². The van der Waals surface area contributed by atoms with Crippen LogP contribution in [0.3, 0.4) is 0 Å². The van der Waals surface area contributed by atoms with Crippen molar-refractivity contribution < 1.29 is 13.5 Å². The van der Waals surface area contributed by atoms with E-state index in [2.05, 4.69) is 5.10 Å². The Morgan fingerprint density at radius 3 is 2.89 bits per heavy atom. The lowest BCUT2D eigenvalue weighted by Crippen LogP contribution is -2.00. The molecule has 1 aliphatic heterocycles. The maximum absolute atomic E-state index is 14.3. The first-order valence-electron chi connectivity index (χ1n) is 5.51. The molecule has 0 aliphatic carbocycles. The maximum atomic E-state index is 14.3. The Morgan fingerprint density at radius 1 is 1.44 bits per heavy atom. The number of halogens is 2. The van der Waals surface area contributed by atoms with Gasteiger partial charge in [-0.05, 0) is 0 Å². The fourth-order valence-electron chi connectivity index (χ4n) is 2.15. The van der Waals surface area contributed by atoms with Crippen LogP contribution in [0.2, 0.25) is 0 Å². The van der Waals surface area contributed by atoms with Gasteiger partial charge in [-0.25, -0.2) is 8.78 Å². The largest absolute Gasteiger partial charge is 0.493 e. The zero-order chi connectivity index (χ0) is 12.9. The lowest BCUT2D eigenvalue weighted by Gasteiger charge is -2.08. The molecule has 0 amide bonds. The molecule has 6 heteroatoms. The van der Waals surface area contributed by atoms with Crippen molar-refractivity contribution in [3.8, 4) is 16.9 Å². The lowest BCUT2D eigenvalue weighted by molar-refractivity contribution is 0.355. The van der Waals surface area contributed by atoms with E-state index in [9.17, 15) is 8.78 Å². The van der Waals surface area contributed by atoms with Crippen molar-refractivity contribution in [3.05, 3.63) is 29.5 Å². The molecule has 2 aromatic rings. The van der Waals surface area contributed by atoms with Gasteiger partial charge in [-0.3, -0.25) is 4.68 Å². The first-order valence-corrected chi connectivity index (χ1v) is 5.51. The molecule has 0 atom stereocenters. The summed E-state index contributed by atoms with van der Waals surface area (Å²) in [5.74, 6) is -0.794. The minimum absolute atomic E-state index is 0.134. The molecule has 3 rings (SSSR count). The molecule has 1 aromatic heterocycles. The van der Waals surface area contributed by atoms with Crippen LogP contribution in [-0.2, 0) is 13.5 Å². The fourth-order valence-corrected chi connectivity index (χ4v) is 2.15. The number of nitrogens with two attached hydrogens (primary N) is 1. The number of fused-ring (bicyclic) bond motifs is 1. The molecule has 0 spiro atoms. The van der Waals surface area contributed by atoms with Crippen LogP contribution in [0.4, 0.5) is 14.6 Å². The molecule has 0 unspecified atom stereocenters. The monoisotopic (exact) mass is 251 g/mol. The predicted molar refractivity (Wildman–Crippen MR) is 62.2 cm³/mol. The summed E-state index contributed by atoms with van der Waals surface area (Å²) in [6.45, 7) is 0.373. The van der Waals surface area contributed by atoms with Crippen LogP contribution < -0.4 is 10.5 Å². The molecule has 2 heterocycles. The molecule has 4 nitrogen and oxygen atoms in total. The van der Waals surface area contributed by atoms with Gasteiger partial charge in [0.05, 0.1) is 18.4 Å². The van der Waals surface area contributed by atoms with Gasteiger partial charge in [0.15, 0.2) is 0 Å². The molecule has 0 radical (unpaired) electrons. The first-order chi connectivity index (χ1) is 8.59. The second-order valence-electron chi connectivity index (χ2n) is 4.19. The summed E-state index contributed by atoms with van der Waals surface area (Å²) < 4.78 is 34.8. The van der Waals surface area contributed by atoms with Gasteiger partial charge in [-0.2, -0.15) is 5.10 Å². The molecular weight excluding hydrogens is 240 g/mol. The van der Waals surface area contributed by atoms with E-state index in [0.29, 0.717) is 18.6 Å². The number of rotatable bonds is 1. The summed E-state index contributed by atoms with van der Waals surface area (Å²) in [5, 5.41) is 3.90. The van der Waals surface area contributed by atoms with E-state index in [-0.39, 0.29) is 22.7 Å². The molecule has 1 aromatic carbocycles. The Morgan fingerprint density at radius 2 is 2.22 bits per heavy atom. The highest BCUT2D eigenvalue weighted by molar-refractivity contribution is 5.76. The Bertz CT molecular complexity index is 637. The van der Waals surface area contributed by atoms with Crippen molar-refractivity contribution in [3.63, 3.8) is 0 Å². The average Bonchev–Trinajstić information content (AvgIpc) is 2.90. The third-order valence-electron chi connectivity index (χ3n) is 3.14. The van der Waals surface area contributed by atoms with Crippen molar-refractivity contribution in [2.45, 2.75) is 6.42 Å². The van der Waals surface area contributed by atoms with Crippen molar-refractivity contribution in [1.82, 2.24) is 9.78 Å². The van der Waals surface area contributed by atoms with Crippen LogP contribution in [0.1, 0.15) is 5.56 Å². The van der Waals surface area contributed by atoms with E-state index in [1.54, 1.807) is 7.05 Å². The standard InChI is InChI=1S/C12H11F2N3O/c1-17-12(15)7(5-16-17)10-8(13)4-9-6(11(10)14)2-3-18-9/h4-5H,2-3,15H2,1H3. The van der Waals surface area contributed by atoms with Crippen LogP contribution in [-0.4, -0.2) is 16.4 Å². The smallest absolute Gasteiger partial charge is 0.141 e. The number of benzene rings is 1.